The van der Waals surface area contributed by atoms with Crippen LogP contribution >= 0.6 is 0 Å². The molecule has 1 amide bonds. The van der Waals surface area contributed by atoms with Crippen LogP contribution in [0, 0.1) is 5.82 Å². The maximum atomic E-state index is 13.9. The minimum atomic E-state index is -3.49. The lowest BCUT2D eigenvalue weighted by molar-refractivity contribution is 0.0985. The van der Waals surface area contributed by atoms with Crippen molar-refractivity contribution in [2.24, 2.45) is 0 Å². The van der Waals surface area contributed by atoms with Crippen LogP contribution in [0.25, 0.3) is 0 Å². The Balaban J connectivity index is 1.65. The Labute approximate surface area is 152 Å². The molecule has 2 aromatic carbocycles. The smallest absolute Gasteiger partial charge is 0.261 e. The van der Waals surface area contributed by atoms with Gasteiger partial charge in [-0.25, -0.2) is 12.8 Å². The number of fused-ring (bicyclic) bond motifs is 1. The average molecular weight is 374 g/mol. The predicted octanol–water partition coefficient (Wildman–Crippen LogP) is 2.81. The van der Waals surface area contributed by atoms with Gasteiger partial charge in [-0.15, -0.1) is 0 Å². The van der Waals surface area contributed by atoms with E-state index in [2.05, 4.69) is 0 Å². The highest BCUT2D eigenvalue weighted by Crippen LogP contribution is 2.33. The number of anilines is 1. The monoisotopic (exact) mass is 374 g/mol. The highest BCUT2D eigenvalue weighted by atomic mass is 32.2. The van der Waals surface area contributed by atoms with Crippen molar-refractivity contribution < 1.29 is 17.6 Å². The lowest BCUT2D eigenvalue weighted by Crippen LogP contribution is -2.29. The van der Waals surface area contributed by atoms with Crippen LogP contribution in [0.2, 0.25) is 0 Å². The molecule has 0 radical (unpaired) electrons. The number of carbonyl (C=O) groups is 1. The molecule has 0 bridgehead atoms. The van der Waals surface area contributed by atoms with Gasteiger partial charge in [-0.2, -0.15) is 4.31 Å². The summed E-state index contributed by atoms with van der Waals surface area (Å²) in [5.41, 5.74) is 1.47. The van der Waals surface area contributed by atoms with Gasteiger partial charge in [-0.1, -0.05) is 12.1 Å². The van der Waals surface area contributed by atoms with Gasteiger partial charge in [-0.05, 0) is 55.2 Å². The Morgan fingerprint density at radius 2 is 1.73 bits per heavy atom. The van der Waals surface area contributed by atoms with E-state index < -0.39 is 21.7 Å². The van der Waals surface area contributed by atoms with Crippen molar-refractivity contribution in [2.75, 3.05) is 24.5 Å². The molecule has 2 aliphatic heterocycles. The third-order valence-corrected chi connectivity index (χ3v) is 6.89. The highest BCUT2D eigenvalue weighted by Gasteiger charge is 2.31. The molecule has 0 N–H and O–H groups in total. The Morgan fingerprint density at radius 3 is 2.46 bits per heavy atom. The predicted molar refractivity (Wildman–Crippen MR) is 96.2 cm³/mol. The van der Waals surface area contributed by atoms with Crippen LogP contribution in [0.1, 0.15) is 28.8 Å². The van der Waals surface area contributed by atoms with E-state index in [0.29, 0.717) is 31.7 Å². The first-order valence-electron chi connectivity index (χ1n) is 8.68. The van der Waals surface area contributed by atoms with Gasteiger partial charge in [0.1, 0.15) is 5.82 Å². The lowest BCUT2D eigenvalue weighted by atomic mass is 10.1. The zero-order valence-electron chi connectivity index (χ0n) is 14.2. The average Bonchev–Trinajstić information content (AvgIpc) is 3.31. The van der Waals surface area contributed by atoms with Crippen LogP contribution in [0.5, 0.6) is 0 Å². The molecule has 2 aromatic rings. The van der Waals surface area contributed by atoms with Gasteiger partial charge in [0.05, 0.1) is 10.5 Å². The van der Waals surface area contributed by atoms with Crippen LogP contribution in [0.3, 0.4) is 0 Å². The summed E-state index contributed by atoms with van der Waals surface area (Å²) in [7, 11) is -3.49. The molecule has 0 unspecified atom stereocenters. The van der Waals surface area contributed by atoms with Gasteiger partial charge in [0, 0.05) is 25.3 Å². The van der Waals surface area contributed by atoms with E-state index in [1.54, 1.807) is 30.3 Å². The SMILES string of the molecule is O=C(c1ccccc1F)N1CCc2cc(S(=O)(=O)N3CCCC3)ccc21. The zero-order valence-corrected chi connectivity index (χ0v) is 15.0. The fourth-order valence-corrected chi connectivity index (χ4v) is 5.18. The molecule has 0 saturated carbocycles. The summed E-state index contributed by atoms with van der Waals surface area (Å²) >= 11 is 0. The Hall–Kier alpha value is -2.25. The number of nitrogens with zero attached hydrogens (tertiary/aromatic N) is 2. The lowest BCUT2D eigenvalue weighted by Gasteiger charge is -2.19. The van der Waals surface area contributed by atoms with Crippen molar-refractivity contribution in [2.45, 2.75) is 24.2 Å². The first-order valence-corrected chi connectivity index (χ1v) is 10.1. The molecule has 7 heteroatoms. The van der Waals surface area contributed by atoms with Gasteiger partial charge in [0.15, 0.2) is 0 Å². The van der Waals surface area contributed by atoms with E-state index in [4.69, 9.17) is 0 Å². The second kappa shape index (κ2) is 6.48. The summed E-state index contributed by atoms with van der Waals surface area (Å²) in [5.74, 6) is -0.962. The second-order valence-electron chi connectivity index (χ2n) is 6.59. The van der Waals surface area contributed by atoms with E-state index in [1.807, 2.05) is 0 Å². The number of hydrogen-bond donors (Lipinski definition) is 0. The minimum Gasteiger partial charge on any atom is -0.308 e. The van der Waals surface area contributed by atoms with Gasteiger partial charge in [0.25, 0.3) is 5.91 Å². The molecule has 26 heavy (non-hydrogen) atoms. The van der Waals surface area contributed by atoms with Gasteiger partial charge in [0.2, 0.25) is 10.0 Å². The van der Waals surface area contributed by atoms with Crippen LogP contribution < -0.4 is 4.90 Å². The highest BCUT2D eigenvalue weighted by molar-refractivity contribution is 7.89. The van der Waals surface area contributed by atoms with Crippen molar-refractivity contribution >= 4 is 21.6 Å². The van der Waals surface area contributed by atoms with E-state index >= 15 is 0 Å². The molecular weight excluding hydrogens is 355 g/mol. The van der Waals surface area contributed by atoms with E-state index in [0.717, 1.165) is 18.4 Å². The molecule has 2 heterocycles. The molecular formula is C19H19FN2O3S. The van der Waals surface area contributed by atoms with E-state index in [1.165, 1.54) is 21.3 Å². The number of rotatable bonds is 3. The van der Waals surface area contributed by atoms with Crippen molar-refractivity contribution in [3.8, 4) is 0 Å². The van der Waals surface area contributed by atoms with E-state index in [9.17, 15) is 17.6 Å². The molecule has 0 atom stereocenters. The van der Waals surface area contributed by atoms with Crippen LogP contribution in [0.4, 0.5) is 10.1 Å². The van der Waals surface area contributed by atoms with Gasteiger partial charge < -0.3 is 4.90 Å². The third kappa shape index (κ3) is 2.81. The quantitative estimate of drug-likeness (QED) is 0.830. The first kappa shape index (κ1) is 17.2. The Morgan fingerprint density at radius 1 is 1.00 bits per heavy atom. The summed E-state index contributed by atoms with van der Waals surface area (Å²) in [5, 5.41) is 0. The molecule has 2 aliphatic rings. The Kier molecular flexibility index (Phi) is 4.28. The number of amides is 1. The molecule has 0 aliphatic carbocycles. The maximum Gasteiger partial charge on any atom is 0.261 e. The van der Waals surface area contributed by atoms with E-state index in [-0.39, 0.29) is 10.5 Å². The van der Waals surface area contributed by atoms with Crippen molar-refractivity contribution in [3.05, 3.63) is 59.4 Å². The first-order chi connectivity index (χ1) is 12.5. The fraction of sp³-hybridized carbons (Fsp3) is 0.316. The Bertz CT molecular complexity index is 968. The van der Waals surface area contributed by atoms with Crippen LogP contribution in [-0.4, -0.2) is 38.3 Å². The maximum absolute atomic E-state index is 13.9. The molecule has 0 spiro atoms. The summed E-state index contributed by atoms with van der Waals surface area (Å²) in [6, 6.07) is 10.7. The van der Waals surface area contributed by atoms with Crippen molar-refractivity contribution in [3.63, 3.8) is 0 Å². The summed E-state index contributed by atoms with van der Waals surface area (Å²) < 4.78 is 40.9. The van der Waals surface area contributed by atoms with Gasteiger partial charge >= 0.3 is 0 Å². The normalized spacial score (nSPS) is 17.5. The largest absolute Gasteiger partial charge is 0.308 e. The number of carbonyl (C=O) groups excluding carboxylic acids is 1. The molecule has 0 aromatic heterocycles. The molecule has 5 nitrogen and oxygen atoms in total. The molecule has 1 saturated heterocycles. The molecule has 1 fully saturated rings. The van der Waals surface area contributed by atoms with Gasteiger partial charge in [-0.3, -0.25) is 4.79 Å². The second-order valence-corrected chi connectivity index (χ2v) is 8.53. The minimum absolute atomic E-state index is 0.0223. The standard InChI is InChI=1S/C19H19FN2O3S/c20-17-6-2-1-5-16(17)19(23)22-12-9-14-13-15(7-8-18(14)22)26(24,25)21-10-3-4-11-21/h1-2,5-8,13H,3-4,9-12H2. The van der Waals surface area contributed by atoms with Crippen LogP contribution in [-0.2, 0) is 16.4 Å². The molecule has 136 valence electrons. The number of halogens is 1. The number of sulfonamides is 1. The number of benzene rings is 2. The molecule has 4 rings (SSSR count). The van der Waals surface area contributed by atoms with Crippen molar-refractivity contribution in [1.29, 1.82) is 0 Å². The summed E-state index contributed by atoms with van der Waals surface area (Å²) in [4.78, 5) is 14.5. The summed E-state index contributed by atoms with van der Waals surface area (Å²) in [6.45, 7) is 1.52. The summed E-state index contributed by atoms with van der Waals surface area (Å²) in [6.07, 6.45) is 2.32. The van der Waals surface area contributed by atoms with Crippen LogP contribution in [0.15, 0.2) is 47.4 Å². The van der Waals surface area contributed by atoms with Crippen molar-refractivity contribution in [1.82, 2.24) is 4.31 Å². The third-order valence-electron chi connectivity index (χ3n) is 5.00. The topological polar surface area (TPSA) is 57.7 Å². The number of hydrogen-bond acceptors (Lipinski definition) is 3. The zero-order chi connectivity index (χ0) is 18.3. The fourth-order valence-electron chi connectivity index (χ4n) is 3.61.